The fraction of sp³-hybridized carbons (Fsp3) is 0.368. The first-order chi connectivity index (χ1) is 10.9. The van der Waals surface area contributed by atoms with Gasteiger partial charge in [0.05, 0.1) is 15.8 Å². The van der Waals surface area contributed by atoms with Crippen molar-refractivity contribution in [1.29, 1.82) is 0 Å². The van der Waals surface area contributed by atoms with E-state index >= 15 is 0 Å². The standard InChI is InChI=1S/C19H20N2OS/c1-18(2)9-13-15(14(22)10-18)19(3,12-7-5-4-6-8-12)16-17(21-13)20-11-23-16/h4-8,11,21H,9-10H2,1-3H3. The molecule has 1 aromatic heterocycles. The summed E-state index contributed by atoms with van der Waals surface area (Å²) in [5.74, 6) is 1.17. The fourth-order valence-corrected chi connectivity index (χ4v) is 4.94. The third kappa shape index (κ3) is 2.08. The van der Waals surface area contributed by atoms with E-state index in [1.807, 2.05) is 23.7 Å². The predicted octanol–water partition coefficient (Wildman–Crippen LogP) is 4.52. The zero-order chi connectivity index (χ0) is 16.2. The number of ketones is 1. The van der Waals surface area contributed by atoms with Crippen LogP contribution < -0.4 is 5.32 Å². The number of thiazole rings is 1. The highest BCUT2D eigenvalue weighted by atomic mass is 32.1. The van der Waals surface area contributed by atoms with Crippen LogP contribution in [0.5, 0.6) is 0 Å². The molecule has 0 saturated carbocycles. The Labute approximate surface area is 140 Å². The van der Waals surface area contributed by atoms with Crippen molar-refractivity contribution in [2.75, 3.05) is 5.32 Å². The van der Waals surface area contributed by atoms with Gasteiger partial charge < -0.3 is 5.32 Å². The Morgan fingerprint density at radius 3 is 2.61 bits per heavy atom. The van der Waals surface area contributed by atoms with Gasteiger partial charge >= 0.3 is 0 Å². The van der Waals surface area contributed by atoms with Gasteiger partial charge in [-0.15, -0.1) is 11.3 Å². The van der Waals surface area contributed by atoms with Gasteiger partial charge in [0.25, 0.3) is 0 Å². The summed E-state index contributed by atoms with van der Waals surface area (Å²) in [5, 5.41) is 3.45. The molecule has 4 rings (SSSR count). The molecule has 2 aromatic rings. The molecule has 1 unspecified atom stereocenters. The second kappa shape index (κ2) is 4.78. The maximum Gasteiger partial charge on any atom is 0.162 e. The number of allylic oxidation sites excluding steroid dienone is 2. The van der Waals surface area contributed by atoms with E-state index < -0.39 is 5.41 Å². The van der Waals surface area contributed by atoms with E-state index in [1.54, 1.807) is 11.3 Å². The monoisotopic (exact) mass is 324 g/mol. The molecule has 2 heterocycles. The lowest BCUT2D eigenvalue weighted by Crippen LogP contribution is -2.41. The van der Waals surface area contributed by atoms with E-state index in [0.29, 0.717) is 6.42 Å². The first-order valence-corrected chi connectivity index (χ1v) is 8.83. The minimum atomic E-state index is -0.411. The minimum Gasteiger partial charge on any atom is -0.342 e. The van der Waals surface area contributed by atoms with E-state index in [2.05, 4.69) is 43.2 Å². The van der Waals surface area contributed by atoms with Gasteiger partial charge in [-0.3, -0.25) is 4.79 Å². The third-order valence-corrected chi connectivity index (χ3v) is 6.07. The first-order valence-electron chi connectivity index (χ1n) is 7.95. The molecular formula is C19H20N2OS. The van der Waals surface area contributed by atoms with Crippen LogP contribution in [0.1, 0.15) is 44.1 Å². The number of carbonyl (C=O) groups excluding carboxylic acids is 1. The van der Waals surface area contributed by atoms with Crippen LogP contribution in [0.2, 0.25) is 0 Å². The van der Waals surface area contributed by atoms with Crippen molar-refractivity contribution in [2.24, 2.45) is 5.41 Å². The van der Waals surface area contributed by atoms with E-state index in [-0.39, 0.29) is 11.2 Å². The van der Waals surface area contributed by atoms with Crippen molar-refractivity contribution < 1.29 is 4.79 Å². The summed E-state index contributed by atoms with van der Waals surface area (Å²) in [7, 11) is 0. The predicted molar refractivity (Wildman–Crippen MR) is 93.7 cm³/mol. The molecule has 0 amide bonds. The average Bonchev–Trinajstić information content (AvgIpc) is 2.95. The Balaban J connectivity index is 1.99. The Morgan fingerprint density at radius 1 is 1.13 bits per heavy atom. The quantitative estimate of drug-likeness (QED) is 0.838. The van der Waals surface area contributed by atoms with E-state index in [0.717, 1.165) is 33.9 Å². The van der Waals surface area contributed by atoms with E-state index in [9.17, 15) is 4.79 Å². The van der Waals surface area contributed by atoms with E-state index in [1.165, 1.54) is 0 Å². The normalized spacial score (nSPS) is 25.6. The lowest BCUT2D eigenvalue weighted by Gasteiger charge is -2.43. The molecule has 0 saturated heterocycles. The number of aromatic nitrogens is 1. The highest BCUT2D eigenvalue weighted by Crippen LogP contribution is 2.53. The van der Waals surface area contributed by atoms with Crippen molar-refractivity contribution in [3.8, 4) is 0 Å². The third-order valence-electron chi connectivity index (χ3n) is 5.02. The molecule has 1 atom stereocenters. The Bertz CT molecular complexity index is 819. The number of anilines is 1. The van der Waals surface area contributed by atoms with Crippen LogP contribution in [0.15, 0.2) is 47.1 Å². The second-order valence-corrected chi connectivity index (χ2v) is 8.30. The molecule has 118 valence electrons. The largest absolute Gasteiger partial charge is 0.342 e. The van der Waals surface area contributed by atoms with Crippen molar-refractivity contribution in [1.82, 2.24) is 4.98 Å². The average molecular weight is 324 g/mol. The van der Waals surface area contributed by atoms with Crippen LogP contribution in [0.3, 0.4) is 0 Å². The van der Waals surface area contributed by atoms with Gasteiger partial charge in [-0.1, -0.05) is 44.2 Å². The molecule has 2 aliphatic rings. The molecule has 0 spiro atoms. The summed E-state index contributed by atoms with van der Waals surface area (Å²) in [5.41, 5.74) is 4.59. The van der Waals surface area contributed by atoms with Gasteiger partial charge in [0.1, 0.15) is 5.82 Å². The van der Waals surface area contributed by atoms with Crippen LogP contribution in [0.4, 0.5) is 5.82 Å². The number of hydrogen-bond donors (Lipinski definition) is 1. The number of rotatable bonds is 1. The zero-order valence-electron chi connectivity index (χ0n) is 13.6. The SMILES string of the molecule is CC1(C)CC(=O)C2=C(C1)Nc1ncsc1C2(C)c1ccccc1. The van der Waals surface area contributed by atoms with E-state index in [4.69, 9.17) is 0 Å². The molecule has 1 aliphatic carbocycles. The lowest BCUT2D eigenvalue weighted by molar-refractivity contribution is -0.118. The molecule has 4 heteroatoms. The molecule has 3 nitrogen and oxygen atoms in total. The number of fused-ring (bicyclic) bond motifs is 1. The van der Waals surface area contributed by atoms with Crippen LogP contribution in [-0.4, -0.2) is 10.8 Å². The van der Waals surface area contributed by atoms with Gasteiger partial charge in [0.2, 0.25) is 0 Å². The van der Waals surface area contributed by atoms with Gasteiger partial charge in [0, 0.05) is 17.7 Å². The van der Waals surface area contributed by atoms with Crippen molar-refractivity contribution in [3.63, 3.8) is 0 Å². The van der Waals surface area contributed by atoms with Gasteiger partial charge in [-0.05, 0) is 24.3 Å². The number of Topliss-reactive ketones (excluding diaryl/α,β-unsaturated/α-hetero) is 1. The molecule has 0 radical (unpaired) electrons. The minimum absolute atomic E-state index is 0.00591. The Hall–Kier alpha value is -1.94. The Kier molecular flexibility index (Phi) is 3.04. The highest BCUT2D eigenvalue weighted by molar-refractivity contribution is 7.10. The van der Waals surface area contributed by atoms with Gasteiger partial charge in [-0.25, -0.2) is 4.98 Å². The molecule has 0 fully saturated rings. The summed E-state index contributed by atoms with van der Waals surface area (Å²) in [6.45, 7) is 6.49. The topological polar surface area (TPSA) is 42.0 Å². The second-order valence-electron chi connectivity index (χ2n) is 7.44. The molecular weight excluding hydrogens is 304 g/mol. The lowest BCUT2D eigenvalue weighted by atomic mass is 9.64. The molecule has 0 bridgehead atoms. The fourth-order valence-electron chi connectivity index (χ4n) is 4.00. The summed E-state index contributed by atoms with van der Waals surface area (Å²) >= 11 is 1.62. The maximum absolute atomic E-state index is 13.1. The number of benzene rings is 1. The smallest absolute Gasteiger partial charge is 0.162 e. The van der Waals surface area contributed by atoms with Gasteiger partial charge in [-0.2, -0.15) is 0 Å². The first kappa shape index (κ1) is 14.6. The van der Waals surface area contributed by atoms with Crippen molar-refractivity contribution in [2.45, 2.75) is 39.0 Å². The van der Waals surface area contributed by atoms with Crippen molar-refractivity contribution in [3.05, 3.63) is 57.6 Å². The zero-order valence-corrected chi connectivity index (χ0v) is 14.5. The van der Waals surface area contributed by atoms with Crippen molar-refractivity contribution >= 4 is 22.9 Å². The van der Waals surface area contributed by atoms with Crippen LogP contribution in [0.25, 0.3) is 0 Å². The summed E-state index contributed by atoms with van der Waals surface area (Å²) < 4.78 is 0. The van der Waals surface area contributed by atoms with Crippen LogP contribution >= 0.6 is 11.3 Å². The number of hydrogen-bond acceptors (Lipinski definition) is 4. The molecule has 23 heavy (non-hydrogen) atoms. The Morgan fingerprint density at radius 2 is 1.87 bits per heavy atom. The molecule has 1 N–H and O–H groups in total. The number of carbonyl (C=O) groups is 1. The highest BCUT2D eigenvalue weighted by Gasteiger charge is 2.48. The maximum atomic E-state index is 13.1. The number of nitrogens with zero attached hydrogens (tertiary/aromatic N) is 1. The summed E-state index contributed by atoms with van der Waals surface area (Å²) in [4.78, 5) is 18.7. The summed E-state index contributed by atoms with van der Waals surface area (Å²) in [6.07, 6.45) is 1.48. The molecule has 1 aromatic carbocycles. The number of nitrogens with one attached hydrogen (secondary N) is 1. The van der Waals surface area contributed by atoms with Crippen LogP contribution in [0, 0.1) is 5.41 Å². The van der Waals surface area contributed by atoms with Gasteiger partial charge in [0.15, 0.2) is 5.78 Å². The van der Waals surface area contributed by atoms with Crippen LogP contribution in [-0.2, 0) is 10.2 Å². The summed E-state index contributed by atoms with van der Waals surface area (Å²) in [6, 6.07) is 10.3. The molecule has 1 aliphatic heterocycles.